The van der Waals surface area contributed by atoms with Gasteiger partial charge in [0.25, 0.3) is 0 Å². The summed E-state index contributed by atoms with van der Waals surface area (Å²) in [5.74, 6) is 0. The smallest absolute Gasteiger partial charge is 0.0383 e. The van der Waals surface area contributed by atoms with Crippen molar-refractivity contribution in [2.24, 2.45) is 0 Å². The number of aryl methyl sites for hydroxylation is 2. The van der Waals surface area contributed by atoms with Crippen LogP contribution in [0.1, 0.15) is 34.7 Å². The van der Waals surface area contributed by atoms with Crippen LogP contribution in [0.4, 0.5) is 0 Å². The lowest BCUT2D eigenvalue weighted by Gasteiger charge is -2.06. The predicted octanol–water partition coefficient (Wildman–Crippen LogP) is 2.52. The van der Waals surface area contributed by atoms with Crippen molar-refractivity contribution in [2.75, 3.05) is 7.05 Å². The Kier molecular flexibility index (Phi) is 2.20. The second-order valence-electron chi connectivity index (χ2n) is 3.46. The Balaban J connectivity index is 2.25. The van der Waals surface area contributed by atoms with Gasteiger partial charge in [-0.15, -0.1) is 11.3 Å². The second-order valence-corrected chi connectivity index (χ2v) is 4.63. The van der Waals surface area contributed by atoms with Crippen molar-refractivity contribution in [3.8, 4) is 0 Å². The summed E-state index contributed by atoms with van der Waals surface area (Å²) in [5, 5.41) is 3.28. The van der Waals surface area contributed by atoms with Gasteiger partial charge < -0.3 is 5.32 Å². The summed E-state index contributed by atoms with van der Waals surface area (Å²) in [6.45, 7) is 2.22. The van der Waals surface area contributed by atoms with Crippen molar-refractivity contribution in [2.45, 2.75) is 32.2 Å². The molecule has 0 amide bonds. The largest absolute Gasteiger partial charge is 0.313 e. The first-order chi connectivity index (χ1) is 5.81. The van der Waals surface area contributed by atoms with Gasteiger partial charge in [-0.3, -0.25) is 0 Å². The Morgan fingerprint density at radius 1 is 1.50 bits per heavy atom. The third kappa shape index (κ3) is 1.29. The molecule has 12 heavy (non-hydrogen) atoms. The number of rotatable bonds is 2. The third-order valence-corrected chi connectivity index (χ3v) is 4.05. The molecule has 2 rings (SSSR count). The van der Waals surface area contributed by atoms with E-state index in [0.717, 1.165) is 0 Å². The molecule has 0 bridgehead atoms. The second kappa shape index (κ2) is 3.19. The molecule has 0 saturated carbocycles. The Bertz CT molecular complexity index is 256. The van der Waals surface area contributed by atoms with Crippen LogP contribution in [0.5, 0.6) is 0 Å². The Morgan fingerprint density at radius 3 is 3.00 bits per heavy atom. The van der Waals surface area contributed by atoms with Crippen molar-refractivity contribution in [1.29, 1.82) is 0 Å². The Morgan fingerprint density at radius 2 is 2.33 bits per heavy atom. The SMILES string of the molecule is CNC(C)c1cc2c(s1)CCC2. The number of thiophene rings is 1. The van der Waals surface area contributed by atoms with Gasteiger partial charge >= 0.3 is 0 Å². The summed E-state index contributed by atoms with van der Waals surface area (Å²) >= 11 is 1.99. The van der Waals surface area contributed by atoms with Gasteiger partial charge in [-0.25, -0.2) is 0 Å². The van der Waals surface area contributed by atoms with Gasteiger partial charge in [0.1, 0.15) is 0 Å². The molecule has 1 aliphatic carbocycles. The molecule has 1 N–H and O–H groups in total. The summed E-state index contributed by atoms with van der Waals surface area (Å²) in [4.78, 5) is 3.13. The summed E-state index contributed by atoms with van der Waals surface area (Å²) in [5.41, 5.74) is 1.61. The van der Waals surface area contributed by atoms with Gasteiger partial charge in [0, 0.05) is 15.8 Å². The molecule has 0 fully saturated rings. The van der Waals surface area contributed by atoms with Gasteiger partial charge in [0.15, 0.2) is 0 Å². The highest BCUT2D eigenvalue weighted by Gasteiger charge is 2.16. The molecule has 1 unspecified atom stereocenters. The zero-order valence-corrected chi connectivity index (χ0v) is 8.50. The van der Waals surface area contributed by atoms with E-state index in [1.54, 1.807) is 10.4 Å². The van der Waals surface area contributed by atoms with Crippen LogP contribution in [0.3, 0.4) is 0 Å². The number of nitrogens with one attached hydrogen (secondary N) is 1. The van der Waals surface area contributed by atoms with Crippen LogP contribution >= 0.6 is 11.3 Å². The van der Waals surface area contributed by atoms with E-state index >= 15 is 0 Å². The molecule has 66 valence electrons. The molecule has 1 aromatic heterocycles. The number of hydrogen-bond donors (Lipinski definition) is 1. The maximum atomic E-state index is 3.28. The van der Waals surface area contributed by atoms with Gasteiger partial charge in [0.05, 0.1) is 0 Å². The van der Waals surface area contributed by atoms with Crippen LogP contribution in [0.25, 0.3) is 0 Å². The first-order valence-corrected chi connectivity index (χ1v) is 5.41. The van der Waals surface area contributed by atoms with Gasteiger partial charge in [-0.2, -0.15) is 0 Å². The van der Waals surface area contributed by atoms with Crippen molar-refractivity contribution < 1.29 is 0 Å². The summed E-state index contributed by atoms with van der Waals surface area (Å²) in [6, 6.07) is 2.91. The lowest BCUT2D eigenvalue weighted by Crippen LogP contribution is -2.10. The molecule has 2 heteroatoms. The molecule has 0 saturated heterocycles. The summed E-state index contributed by atoms with van der Waals surface area (Å²) in [6.07, 6.45) is 3.99. The van der Waals surface area contributed by atoms with Crippen LogP contribution in [0.15, 0.2) is 6.07 Å². The maximum absolute atomic E-state index is 3.28. The topological polar surface area (TPSA) is 12.0 Å². The van der Waals surface area contributed by atoms with E-state index in [-0.39, 0.29) is 0 Å². The van der Waals surface area contributed by atoms with Crippen molar-refractivity contribution in [3.05, 3.63) is 21.4 Å². The maximum Gasteiger partial charge on any atom is 0.0383 e. The van der Waals surface area contributed by atoms with Gasteiger partial charge in [-0.1, -0.05) is 0 Å². The molecule has 0 aromatic carbocycles. The van der Waals surface area contributed by atoms with Gasteiger partial charge in [0.2, 0.25) is 0 Å². The Hall–Kier alpha value is -0.340. The quantitative estimate of drug-likeness (QED) is 0.739. The fraction of sp³-hybridized carbons (Fsp3) is 0.600. The van der Waals surface area contributed by atoms with Gasteiger partial charge in [-0.05, 0) is 44.9 Å². The van der Waals surface area contributed by atoms with Crippen molar-refractivity contribution in [1.82, 2.24) is 5.32 Å². The van der Waals surface area contributed by atoms with E-state index in [9.17, 15) is 0 Å². The average molecular weight is 181 g/mol. The van der Waals surface area contributed by atoms with Crippen LogP contribution in [-0.4, -0.2) is 7.05 Å². The molecule has 1 aromatic rings. The fourth-order valence-electron chi connectivity index (χ4n) is 1.71. The van der Waals surface area contributed by atoms with Crippen LogP contribution in [0.2, 0.25) is 0 Å². The van der Waals surface area contributed by atoms with E-state index in [4.69, 9.17) is 0 Å². The highest BCUT2D eigenvalue weighted by molar-refractivity contribution is 7.12. The van der Waals surface area contributed by atoms with E-state index in [1.165, 1.54) is 24.1 Å². The van der Waals surface area contributed by atoms with E-state index in [1.807, 2.05) is 18.4 Å². The molecule has 1 heterocycles. The van der Waals surface area contributed by atoms with E-state index in [0.29, 0.717) is 6.04 Å². The minimum Gasteiger partial charge on any atom is -0.313 e. The first-order valence-electron chi connectivity index (χ1n) is 4.60. The molecular weight excluding hydrogens is 166 g/mol. The highest BCUT2D eigenvalue weighted by Crippen LogP contribution is 2.33. The molecule has 0 aliphatic heterocycles. The minimum absolute atomic E-state index is 0.528. The summed E-state index contributed by atoms with van der Waals surface area (Å²) < 4.78 is 0. The zero-order chi connectivity index (χ0) is 8.55. The lowest BCUT2D eigenvalue weighted by atomic mass is 10.2. The monoisotopic (exact) mass is 181 g/mol. The first kappa shape index (κ1) is 8.27. The normalized spacial score (nSPS) is 17.8. The van der Waals surface area contributed by atoms with Crippen molar-refractivity contribution >= 4 is 11.3 Å². The highest BCUT2D eigenvalue weighted by atomic mass is 32.1. The fourth-order valence-corrected chi connectivity index (χ4v) is 3.03. The molecule has 1 aliphatic rings. The summed E-state index contributed by atoms with van der Waals surface area (Å²) in [7, 11) is 2.02. The molecule has 0 spiro atoms. The zero-order valence-electron chi connectivity index (χ0n) is 7.68. The van der Waals surface area contributed by atoms with Crippen LogP contribution in [0, 0.1) is 0 Å². The minimum atomic E-state index is 0.528. The average Bonchev–Trinajstić information content (AvgIpc) is 2.60. The third-order valence-electron chi connectivity index (χ3n) is 2.63. The molecule has 1 atom stereocenters. The van der Waals surface area contributed by atoms with E-state index in [2.05, 4.69) is 18.3 Å². The van der Waals surface area contributed by atoms with Crippen molar-refractivity contribution in [3.63, 3.8) is 0 Å². The standard InChI is InChI=1S/C10H15NS/c1-7(11-2)10-6-8-4-3-5-9(8)12-10/h6-7,11H,3-5H2,1-2H3. The number of hydrogen-bond acceptors (Lipinski definition) is 2. The molecule has 1 nitrogen and oxygen atoms in total. The number of fused-ring (bicyclic) bond motifs is 1. The van der Waals surface area contributed by atoms with Crippen LogP contribution < -0.4 is 5.32 Å². The lowest BCUT2D eigenvalue weighted by molar-refractivity contribution is 0.663. The Labute approximate surface area is 77.8 Å². The molecular formula is C10H15NS. The predicted molar refractivity (Wildman–Crippen MR) is 53.8 cm³/mol. The van der Waals surface area contributed by atoms with E-state index < -0.39 is 0 Å². The molecule has 0 radical (unpaired) electrons. The van der Waals surface area contributed by atoms with Crippen LogP contribution in [-0.2, 0) is 12.8 Å².